The molecule has 0 atom stereocenters. The van der Waals surface area contributed by atoms with E-state index in [-0.39, 0.29) is 30.1 Å². The van der Waals surface area contributed by atoms with Gasteiger partial charge >= 0.3 is 5.97 Å². The van der Waals surface area contributed by atoms with Crippen LogP contribution < -0.4 is 15.2 Å². The molecule has 0 spiro atoms. The highest BCUT2D eigenvalue weighted by Gasteiger charge is 2.15. The van der Waals surface area contributed by atoms with E-state index in [0.717, 1.165) is 6.07 Å². The van der Waals surface area contributed by atoms with Crippen molar-refractivity contribution >= 4 is 11.9 Å². The van der Waals surface area contributed by atoms with E-state index in [1.54, 1.807) is 0 Å². The Morgan fingerprint density at radius 2 is 1.95 bits per heavy atom. The van der Waals surface area contributed by atoms with E-state index in [0.29, 0.717) is 19.3 Å². The Labute approximate surface area is 121 Å². The summed E-state index contributed by atoms with van der Waals surface area (Å²) in [6, 6.07) is 2.24. The number of primary amides is 1. The topological polar surface area (TPSA) is 98.8 Å². The maximum atomic E-state index is 13.7. The molecule has 0 heterocycles. The summed E-state index contributed by atoms with van der Waals surface area (Å²) in [5.41, 5.74) is 5.22. The predicted molar refractivity (Wildman–Crippen MR) is 73.1 cm³/mol. The SMILES string of the molecule is COc1cc(F)c(OCCCCCC(=O)O)cc1C(N)=O. The second-order valence-corrected chi connectivity index (χ2v) is 4.40. The van der Waals surface area contributed by atoms with Crippen LogP contribution in [0.1, 0.15) is 36.0 Å². The number of carbonyl (C=O) groups excluding carboxylic acids is 1. The van der Waals surface area contributed by atoms with Crippen molar-refractivity contribution in [2.75, 3.05) is 13.7 Å². The number of aliphatic carboxylic acids is 1. The van der Waals surface area contributed by atoms with Gasteiger partial charge in [0, 0.05) is 12.5 Å². The molecular weight excluding hydrogens is 281 g/mol. The van der Waals surface area contributed by atoms with Crippen LogP contribution in [0, 0.1) is 5.82 Å². The van der Waals surface area contributed by atoms with Crippen LogP contribution in [-0.4, -0.2) is 30.7 Å². The molecule has 116 valence electrons. The third-order valence-electron chi connectivity index (χ3n) is 2.81. The lowest BCUT2D eigenvalue weighted by Crippen LogP contribution is -2.13. The van der Waals surface area contributed by atoms with Gasteiger partial charge in [0.15, 0.2) is 11.6 Å². The minimum absolute atomic E-state index is 0.0415. The van der Waals surface area contributed by atoms with Gasteiger partial charge in [-0.3, -0.25) is 9.59 Å². The molecule has 0 aromatic heterocycles. The van der Waals surface area contributed by atoms with Gasteiger partial charge in [-0.25, -0.2) is 4.39 Å². The molecule has 0 saturated heterocycles. The van der Waals surface area contributed by atoms with E-state index < -0.39 is 17.7 Å². The van der Waals surface area contributed by atoms with Crippen LogP contribution in [0.3, 0.4) is 0 Å². The molecule has 3 N–H and O–H groups in total. The monoisotopic (exact) mass is 299 g/mol. The van der Waals surface area contributed by atoms with E-state index in [1.165, 1.54) is 13.2 Å². The fourth-order valence-electron chi connectivity index (χ4n) is 1.74. The lowest BCUT2D eigenvalue weighted by molar-refractivity contribution is -0.137. The van der Waals surface area contributed by atoms with Gasteiger partial charge in [0.25, 0.3) is 5.91 Å². The minimum Gasteiger partial charge on any atom is -0.496 e. The largest absolute Gasteiger partial charge is 0.496 e. The van der Waals surface area contributed by atoms with Crippen molar-refractivity contribution < 1.29 is 28.6 Å². The number of carboxylic acids is 1. The molecule has 7 heteroatoms. The van der Waals surface area contributed by atoms with E-state index in [4.69, 9.17) is 20.3 Å². The number of hydrogen-bond acceptors (Lipinski definition) is 4. The summed E-state index contributed by atoms with van der Waals surface area (Å²) in [6.07, 6.45) is 1.89. The fourth-order valence-corrected chi connectivity index (χ4v) is 1.74. The molecule has 21 heavy (non-hydrogen) atoms. The molecule has 0 aliphatic rings. The number of amides is 1. The summed E-state index contributed by atoms with van der Waals surface area (Å²) >= 11 is 0. The van der Waals surface area contributed by atoms with Gasteiger partial charge in [-0.15, -0.1) is 0 Å². The van der Waals surface area contributed by atoms with Crippen molar-refractivity contribution in [3.8, 4) is 11.5 Å². The van der Waals surface area contributed by atoms with Gasteiger partial charge in [0.2, 0.25) is 0 Å². The summed E-state index contributed by atoms with van der Waals surface area (Å²) < 4.78 is 23.8. The summed E-state index contributed by atoms with van der Waals surface area (Å²) in [6.45, 7) is 0.223. The highest BCUT2D eigenvalue weighted by molar-refractivity contribution is 5.96. The van der Waals surface area contributed by atoms with Crippen LogP contribution in [0.2, 0.25) is 0 Å². The highest BCUT2D eigenvalue weighted by Crippen LogP contribution is 2.27. The number of halogens is 1. The van der Waals surface area contributed by atoms with Gasteiger partial charge < -0.3 is 20.3 Å². The highest BCUT2D eigenvalue weighted by atomic mass is 19.1. The third-order valence-corrected chi connectivity index (χ3v) is 2.81. The van der Waals surface area contributed by atoms with E-state index in [2.05, 4.69) is 0 Å². The normalized spacial score (nSPS) is 10.2. The fraction of sp³-hybridized carbons (Fsp3) is 0.429. The Bertz CT molecular complexity index is 518. The first-order chi connectivity index (χ1) is 9.95. The summed E-state index contributed by atoms with van der Waals surface area (Å²) in [7, 11) is 1.31. The molecule has 0 radical (unpaired) electrons. The second-order valence-electron chi connectivity index (χ2n) is 4.40. The maximum Gasteiger partial charge on any atom is 0.303 e. The van der Waals surface area contributed by atoms with Crippen LogP contribution in [-0.2, 0) is 4.79 Å². The van der Waals surface area contributed by atoms with Gasteiger partial charge in [0.05, 0.1) is 19.3 Å². The maximum absolute atomic E-state index is 13.7. The second kappa shape index (κ2) is 8.08. The molecule has 0 bridgehead atoms. The first-order valence-corrected chi connectivity index (χ1v) is 6.47. The van der Waals surface area contributed by atoms with Crippen molar-refractivity contribution in [2.45, 2.75) is 25.7 Å². The van der Waals surface area contributed by atoms with Crippen molar-refractivity contribution in [1.82, 2.24) is 0 Å². The summed E-state index contributed by atoms with van der Waals surface area (Å²) in [5, 5.41) is 8.48. The number of rotatable bonds is 9. The van der Waals surface area contributed by atoms with Crippen LogP contribution in [0.25, 0.3) is 0 Å². The number of carbonyl (C=O) groups is 2. The number of ether oxygens (including phenoxy) is 2. The molecule has 0 unspecified atom stereocenters. The average Bonchev–Trinajstić information content (AvgIpc) is 2.42. The van der Waals surface area contributed by atoms with E-state index in [1.807, 2.05) is 0 Å². The molecule has 6 nitrogen and oxygen atoms in total. The zero-order valence-corrected chi connectivity index (χ0v) is 11.7. The number of methoxy groups -OCH3 is 1. The van der Waals surface area contributed by atoms with Crippen molar-refractivity contribution in [3.63, 3.8) is 0 Å². The van der Waals surface area contributed by atoms with Crippen LogP contribution in [0.15, 0.2) is 12.1 Å². The minimum atomic E-state index is -0.844. The lowest BCUT2D eigenvalue weighted by atomic mass is 10.1. The van der Waals surface area contributed by atoms with Crippen LogP contribution in [0.4, 0.5) is 4.39 Å². The number of benzene rings is 1. The Hall–Kier alpha value is -2.31. The zero-order valence-electron chi connectivity index (χ0n) is 11.7. The third kappa shape index (κ3) is 5.29. The number of carboxylic acid groups (broad SMARTS) is 1. The molecule has 0 aliphatic carbocycles. The summed E-state index contributed by atoms with van der Waals surface area (Å²) in [5.74, 6) is -2.26. The molecule has 0 saturated carbocycles. The Morgan fingerprint density at radius 3 is 2.52 bits per heavy atom. The predicted octanol–water partition coefficient (Wildman–Crippen LogP) is 1.96. The van der Waals surface area contributed by atoms with Gasteiger partial charge in [-0.05, 0) is 25.3 Å². The number of nitrogens with two attached hydrogens (primary N) is 1. The quantitative estimate of drug-likeness (QED) is 0.679. The van der Waals surface area contributed by atoms with Crippen molar-refractivity contribution in [1.29, 1.82) is 0 Å². The first-order valence-electron chi connectivity index (χ1n) is 6.47. The first kappa shape index (κ1) is 16.7. The van der Waals surface area contributed by atoms with E-state index in [9.17, 15) is 14.0 Å². The molecule has 1 aromatic rings. The smallest absolute Gasteiger partial charge is 0.303 e. The average molecular weight is 299 g/mol. The molecule has 0 fully saturated rings. The lowest BCUT2D eigenvalue weighted by Gasteiger charge is -2.11. The van der Waals surface area contributed by atoms with Gasteiger partial charge in [-0.1, -0.05) is 0 Å². The molecule has 1 aromatic carbocycles. The van der Waals surface area contributed by atoms with Crippen LogP contribution >= 0.6 is 0 Å². The molecule has 0 aliphatic heterocycles. The molecule has 1 rings (SSSR count). The van der Waals surface area contributed by atoms with Crippen LogP contribution in [0.5, 0.6) is 11.5 Å². The molecule has 1 amide bonds. The van der Waals surface area contributed by atoms with Crippen molar-refractivity contribution in [3.05, 3.63) is 23.5 Å². The Balaban J connectivity index is 2.57. The summed E-state index contributed by atoms with van der Waals surface area (Å²) in [4.78, 5) is 21.6. The number of hydrogen-bond donors (Lipinski definition) is 2. The van der Waals surface area contributed by atoms with Gasteiger partial charge in [-0.2, -0.15) is 0 Å². The zero-order chi connectivity index (χ0) is 15.8. The standard InChI is InChI=1S/C14H18FNO5/c1-20-11-8-10(15)12(7-9(11)14(16)19)21-6-4-2-3-5-13(17)18/h7-8H,2-6H2,1H3,(H2,16,19)(H,17,18). The Morgan fingerprint density at radius 1 is 1.24 bits per heavy atom. The van der Waals surface area contributed by atoms with Gasteiger partial charge in [0.1, 0.15) is 5.75 Å². The number of unbranched alkanes of at least 4 members (excludes halogenated alkanes) is 2. The van der Waals surface area contributed by atoms with Crippen molar-refractivity contribution in [2.24, 2.45) is 5.73 Å². The van der Waals surface area contributed by atoms with E-state index >= 15 is 0 Å². The Kier molecular flexibility index (Phi) is 6.45. The molecular formula is C14H18FNO5.